The smallest absolute Gasteiger partial charge is 0.265 e. The standard InChI is InChI=1S/C17H14F2N2O3/c18-13-7-6-10(8-14(13)19)12-9-20-16(22)15(12)17(23)21-24-11-4-2-1-3-5-11/h1-8,12,15H,9H2,(H,20,22)(H,21,23)/t12-,15-/m1/s1. The molecule has 3 rings (SSSR count). The van der Waals surface area contributed by atoms with E-state index in [1.54, 1.807) is 30.3 Å². The van der Waals surface area contributed by atoms with Gasteiger partial charge in [-0.05, 0) is 29.8 Å². The van der Waals surface area contributed by atoms with E-state index in [0.717, 1.165) is 12.1 Å². The number of para-hydroxylation sites is 1. The second kappa shape index (κ2) is 6.66. The van der Waals surface area contributed by atoms with Crippen LogP contribution in [-0.2, 0) is 9.59 Å². The highest BCUT2D eigenvalue weighted by Gasteiger charge is 2.41. The Morgan fingerprint density at radius 3 is 2.58 bits per heavy atom. The summed E-state index contributed by atoms with van der Waals surface area (Å²) in [6.45, 7) is 0.160. The predicted octanol–water partition coefficient (Wildman–Crippen LogP) is 1.90. The molecule has 0 bridgehead atoms. The summed E-state index contributed by atoms with van der Waals surface area (Å²) in [6.07, 6.45) is 0. The normalized spacial score (nSPS) is 19.7. The molecule has 1 aliphatic rings. The molecule has 0 aliphatic carbocycles. The molecule has 1 heterocycles. The number of nitrogens with one attached hydrogen (secondary N) is 2. The Kier molecular flexibility index (Phi) is 4.41. The summed E-state index contributed by atoms with van der Waals surface area (Å²) in [6, 6.07) is 11.9. The molecule has 2 aromatic rings. The fraction of sp³-hybridized carbons (Fsp3) is 0.176. The van der Waals surface area contributed by atoms with Gasteiger partial charge in [-0.25, -0.2) is 8.78 Å². The van der Waals surface area contributed by atoms with Gasteiger partial charge in [0, 0.05) is 12.5 Å². The zero-order valence-electron chi connectivity index (χ0n) is 12.5. The van der Waals surface area contributed by atoms with Crippen LogP contribution in [0.5, 0.6) is 5.75 Å². The quantitative estimate of drug-likeness (QED) is 0.664. The van der Waals surface area contributed by atoms with E-state index in [4.69, 9.17) is 4.84 Å². The Balaban J connectivity index is 1.75. The molecule has 2 atom stereocenters. The van der Waals surface area contributed by atoms with E-state index in [-0.39, 0.29) is 6.54 Å². The van der Waals surface area contributed by atoms with Crippen molar-refractivity contribution in [1.82, 2.24) is 10.8 Å². The Morgan fingerprint density at radius 1 is 1.12 bits per heavy atom. The van der Waals surface area contributed by atoms with Crippen LogP contribution in [0.3, 0.4) is 0 Å². The molecule has 0 saturated carbocycles. The minimum atomic E-state index is -1.08. The minimum absolute atomic E-state index is 0.160. The van der Waals surface area contributed by atoms with E-state index in [1.807, 2.05) is 0 Å². The fourth-order valence-electron chi connectivity index (χ4n) is 2.64. The fourth-order valence-corrected chi connectivity index (χ4v) is 2.64. The monoisotopic (exact) mass is 332 g/mol. The van der Waals surface area contributed by atoms with E-state index in [0.29, 0.717) is 11.3 Å². The molecule has 5 nitrogen and oxygen atoms in total. The van der Waals surface area contributed by atoms with E-state index in [2.05, 4.69) is 10.8 Å². The lowest BCUT2D eigenvalue weighted by Gasteiger charge is -2.17. The van der Waals surface area contributed by atoms with Crippen molar-refractivity contribution < 1.29 is 23.2 Å². The van der Waals surface area contributed by atoms with Crippen LogP contribution in [-0.4, -0.2) is 18.4 Å². The minimum Gasteiger partial charge on any atom is -0.380 e. The molecule has 0 spiro atoms. The first-order valence-corrected chi connectivity index (χ1v) is 7.30. The molecular formula is C17H14F2N2O3. The molecule has 2 N–H and O–H groups in total. The third kappa shape index (κ3) is 3.19. The van der Waals surface area contributed by atoms with E-state index in [9.17, 15) is 18.4 Å². The molecule has 1 fully saturated rings. The third-order valence-corrected chi connectivity index (χ3v) is 3.85. The summed E-state index contributed by atoms with van der Waals surface area (Å²) in [5.41, 5.74) is 2.60. The molecule has 0 aromatic heterocycles. The van der Waals surface area contributed by atoms with Crippen LogP contribution >= 0.6 is 0 Å². The van der Waals surface area contributed by atoms with Crippen LogP contribution in [0, 0.1) is 17.6 Å². The lowest BCUT2D eigenvalue weighted by atomic mass is 9.88. The van der Waals surface area contributed by atoms with Crippen molar-refractivity contribution in [3.8, 4) is 5.75 Å². The molecule has 2 aromatic carbocycles. The molecule has 24 heavy (non-hydrogen) atoms. The lowest BCUT2D eigenvalue weighted by Crippen LogP contribution is -2.38. The summed E-state index contributed by atoms with van der Waals surface area (Å²) >= 11 is 0. The number of carbonyl (C=O) groups is 2. The number of halogens is 2. The Labute approximate surface area is 136 Å². The molecule has 7 heteroatoms. The highest BCUT2D eigenvalue weighted by molar-refractivity contribution is 6.02. The Morgan fingerprint density at radius 2 is 1.88 bits per heavy atom. The first-order valence-electron chi connectivity index (χ1n) is 7.30. The molecule has 1 saturated heterocycles. The molecule has 2 amide bonds. The van der Waals surface area contributed by atoms with Gasteiger partial charge < -0.3 is 10.2 Å². The second-order valence-corrected chi connectivity index (χ2v) is 5.38. The number of hydroxylamine groups is 1. The van der Waals surface area contributed by atoms with Crippen molar-refractivity contribution in [3.63, 3.8) is 0 Å². The molecule has 0 radical (unpaired) electrons. The number of benzene rings is 2. The van der Waals surface area contributed by atoms with Crippen LogP contribution in [0.4, 0.5) is 8.78 Å². The van der Waals surface area contributed by atoms with E-state index in [1.165, 1.54) is 6.07 Å². The highest BCUT2D eigenvalue weighted by Crippen LogP contribution is 2.30. The molecule has 1 aliphatic heterocycles. The molecule has 124 valence electrons. The summed E-state index contributed by atoms with van der Waals surface area (Å²) < 4.78 is 26.5. The van der Waals surface area contributed by atoms with Gasteiger partial charge in [-0.2, -0.15) is 5.48 Å². The van der Waals surface area contributed by atoms with Gasteiger partial charge in [0.1, 0.15) is 5.92 Å². The predicted molar refractivity (Wildman–Crippen MR) is 80.8 cm³/mol. The van der Waals surface area contributed by atoms with Gasteiger partial charge in [-0.1, -0.05) is 24.3 Å². The summed E-state index contributed by atoms with van der Waals surface area (Å²) in [7, 11) is 0. The van der Waals surface area contributed by atoms with Crippen molar-refractivity contribution >= 4 is 11.8 Å². The average molecular weight is 332 g/mol. The summed E-state index contributed by atoms with van der Waals surface area (Å²) in [5.74, 6) is -4.42. The summed E-state index contributed by atoms with van der Waals surface area (Å²) in [4.78, 5) is 29.4. The number of hydrogen-bond donors (Lipinski definition) is 2. The highest BCUT2D eigenvalue weighted by atomic mass is 19.2. The van der Waals surface area contributed by atoms with Crippen molar-refractivity contribution in [1.29, 1.82) is 0 Å². The zero-order valence-corrected chi connectivity index (χ0v) is 12.5. The van der Waals surface area contributed by atoms with Gasteiger partial charge in [0.2, 0.25) is 5.91 Å². The van der Waals surface area contributed by atoms with Gasteiger partial charge in [-0.15, -0.1) is 0 Å². The van der Waals surface area contributed by atoms with Crippen molar-refractivity contribution in [3.05, 3.63) is 65.7 Å². The van der Waals surface area contributed by atoms with Gasteiger partial charge >= 0.3 is 0 Å². The Hall–Kier alpha value is -2.96. The van der Waals surface area contributed by atoms with Crippen LogP contribution in [0.15, 0.2) is 48.5 Å². The first kappa shape index (κ1) is 15.9. The number of amides is 2. The van der Waals surface area contributed by atoms with Crippen LogP contribution in [0.1, 0.15) is 11.5 Å². The topological polar surface area (TPSA) is 67.4 Å². The van der Waals surface area contributed by atoms with Crippen LogP contribution < -0.4 is 15.6 Å². The maximum Gasteiger partial charge on any atom is 0.265 e. The molecule has 0 unspecified atom stereocenters. The lowest BCUT2D eigenvalue weighted by molar-refractivity contribution is -0.138. The van der Waals surface area contributed by atoms with Gasteiger partial charge in [0.25, 0.3) is 5.91 Å². The van der Waals surface area contributed by atoms with Gasteiger partial charge in [-0.3, -0.25) is 9.59 Å². The van der Waals surface area contributed by atoms with Crippen molar-refractivity contribution in [2.24, 2.45) is 5.92 Å². The van der Waals surface area contributed by atoms with Crippen LogP contribution in [0.25, 0.3) is 0 Å². The summed E-state index contributed by atoms with van der Waals surface area (Å²) in [5, 5.41) is 2.56. The largest absolute Gasteiger partial charge is 0.380 e. The Bertz CT molecular complexity index is 768. The maximum atomic E-state index is 13.4. The van der Waals surface area contributed by atoms with Crippen molar-refractivity contribution in [2.45, 2.75) is 5.92 Å². The van der Waals surface area contributed by atoms with Gasteiger partial charge in [0.05, 0.1) is 0 Å². The van der Waals surface area contributed by atoms with E-state index < -0.39 is 35.3 Å². The average Bonchev–Trinajstić information content (AvgIpc) is 2.98. The number of carbonyl (C=O) groups excluding carboxylic acids is 2. The second-order valence-electron chi connectivity index (χ2n) is 5.38. The number of rotatable bonds is 4. The molecular weight excluding hydrogens is 318 g/mol. The van der Waals surface area contributed by atoms with Gasteiger partial charge in [0.15, 0.2) is 17.4 Å². The number of hydrogen-bond acceptors (Lipinski definition) is 3. The first-order chi connectivity index (χ1) is 11.6. The third-order valence-electron chi connectivity index (χ3n) is 3.85. The zero-order chi connectivity index (χ0) is 17.1. The maximum absolute atomic E-state index is 13.4. The van der Waals surface area contributed by atoms with Crippen molar-refractivity contribution in [2.75, 3.05) is 6.54 Å². The SMILES string of the molecule is O=C1NC[C@H](c2ccc(F)c(F)c2)[C@H]1C(=O)NOc1ccccc1. The van der Waals surface area contributed by atoms with Crippen LogP contribution in [0.2, 0.25) is 0 Å². The van der Waals surface area contributed by atoms with E-state index >= 15 is 0 Å².